The molecule has 0 saturated heterocycles. The van der Waals surface area contributed by atoms with Gasteiger partial charge < -0.3 is 10.1 Å². The number of nitrogens with one attached hydrogen (secondary N) is 1. The van der Waals surface area contributed by atoms with Crippen molar-refractivity contribution in [3.8, 4) is 5.75 Å². The first-order valence-corrected chi connectivity index (χ1v) is 8.06. The molecule has 24 heavy (non-hydrogen) atoms. The molecule has 7 heteroatoms. The first-order chi connectivity index (χ1) is 11.7. The molecule has 0 unspecified atom stereocenters. The molecule has 0 bridgehead atoms. The Kier molecular flexibility index (Phi) is 5.12. The number of benzene rings is 2. The number of aromatic nitrogens is 2. The monoisotopic (exact) mass is 343 g/mol. The largest absolute Gasteiger partial charge is 0.483 e. The average molecular weight is 343 g/mol. The summed E-state index contributed by atoms with van der Waals surface area (Å²) in [6, 6.07) is 15.6. The van der Waals surface area contributed by atoms with Crippen LogP contribution in [0.25, 0.3) is 0 Å². The second-order valence-electron chi connectivity index (χ2n) is 4.93. The molecule has 1 N–H and O–H groups in total. The van der Waals surface area contributed by atoms with E-state index in [2.05, 4.69) is 15.5 Å². The second-order valence-corrected chi connectivity index (χ2v) is 5.99. The van der Waals surface area contributed by atoms with Gasteiger partial charge in [0.1, 0.15) is 6.61 Å². The van der Waals surface area contributed by atoms with Crippen LogP contribution in [0.15, 0.2) is 54.6 Å². The first-order valence-electron chi connectivity index (χ1n) is 7.24. The molecule has 0 radical (unpaired) electrons. The molecule has 0 aliphatic heterocycles. The van der Waals surface area contributed by atoms with E-state index in [1.807, 2.05) is 30.3 Å². The molecule has 0 fully saturated rings. The van der Waals surface area contributed by atoms with Gasteiger partial charge >= 0.3 is 0 Å². The fourth-order valence-corrected chi connectivity index (χ4v) is 2.68. The molecule has 2 aromatic carbocycles. The zero-order chi connectivity index (χ0) is 16.8. The lowest BCUT2D eigenvalue weighted by atomic mass is 10.1. The Hall–Kier alpha value is -2.80. The van der Waals surface area contributed by atoms with Crippen molar-refractivity contribution in [1.82, 2.24) is 10.2 Å². The minimum Gasteiger partial charge on any atom is -0.483 e. The summed E-state index contributed by atoms with van der Waals surface area (Å²) >= 11 is 1.20. The molecular formula is C17H14FN3O2S. The maximum atomic E-state index is 13.5. The molecule has 1 heterocycles. The molecule has 1 aromatic heterocycles. The SMILES string of the molecule is O=C(Cc1ccccc1)Nc1nnc(COc2ccccc2F)s1. The fourth-order valence-electron chi connectivity index (χ4n) is 2.01. The van der Waals surface area contributed by atoms with E-state index >= 15 is 0 Å². The van der Waals surface area contributed by atoms with Crippen molar-refractivity contribution in [3.63, 3.8) is 0 Å². The normalized spacial score (nSPS) is 10.4. The number of halogens is 1. The van der Waals surface area contributed by atoms with Gasteiger partial charge in [0.2, 0.25) is 11.0 Å². The van der Waals surface area contributed by atoms with Crippen molar-refractivity contribution in [3.05, 3.63) is 71.0 Å². The van der Waals surface area contributed by atoms with E-state index in [-0.39, 0.29) is 24.7 Å². The Morgan fingerprint density at radius 1 is 1.08 bits per heavy atom. The van der Waals surface area contributed by atoms with E-state index in [1.54, 1.807) is 18.2 Å². The Morgan fingerprint density at radius 2 is 1.83 bits per heavy atom. The summed E-state index contributed by atoms with van der Waals surface area (Å²) in [5.74, 6) is -0.445. The Labute approximate surface area is 142 Å². The van der Waals surface area contributed by atoms with Crippen molar-refractivity contribution < 1.29 is 13.9 Å². The van der Waals surface area contributed by atoms with Crippen molar-refractivity contribution in [2.45, 2.75) is 13.0 Å². The van der Waals surface area contributed by atoms with Gasteiger partial charge in [0, 0.05) is 0 Å². The van der Waals surface area contributed by atoms with Crippen molar-refractivity contribution in [2.75, 3.05) is 5.32 Å². The van der Waals surface area contributed by atoms with E-state index in [9.17, 15) is 9.18 Å². The number of amides is 1. The van der Waals surface area contributed by atoms with Crippen molar-refractivity contribution in [1.29, 1.82) is 0 Å². The van der Waals surface area contributed by atoms with Crippen LogP contribution in [-0.4, -0.2) is 16.1 Å². The maximum Gasteiger partial charge on any atom is 0.230 e. The standard InChI is InChI=1S/C17H14FN3O2S/c18-13-8-4-5-9-14(13)23-11-16-20-21-17(24-16)19-15(22)10-12-6-2-1-3-7-12/h1-9H,10-11H2,(H,19,21,22). The predicted molar refractivity (Wildman–Crippen MR) is 89.4 cm³/mol. The molecule has 0 aliphatic carbocycles. The smallest absolute Gasteiger partial charge is 0.230 e. The molecule has 0 aliphatic rings. The van der Waals surface area contributed by atoms with Crippen LogP contribution in [0.1, 0.15) is 10.6 Å². The van der Waals surface area contributed by atoms with Crippen LogP contribution in [-0.2, 0) is 17.8 Å². The lowest BCUT2D eigenvalue weighted by molar-refractivity contribution is -0.115. The van der Waals surface area contributed by atoms with Gasteiger partial charge in [-0.15, -0.1) is 10.2 Å². The number of hydrogen-bond donors (Lipinski definition) is 1. The third-order valence-corrected chi connectivity index (χ3v) is 3.92. The third-order valence-electron chi connectivity index (χ3n) is 3.11. The predicted octanol–water partition coefficient (Wildman–Crippen LogP) is 3.44. The van der Waals surface area contributed by atoms with Crippen LogP contribution in [0, 0.1) is 5.82 Å². The van der Waals surface area contributed by atoms with Crippen molar-refractivity contribution in [2.24, 2.45) is 0 Å². The fraction of sp³-hybridized carbons (Fsp3) is 0.118. The van der Waals surface area contributed by atoms with E-state index in [4.69, 9.17) is 4.74 Å². The van der Waals surface area contributed by atoms with Crippen LogP contribution in [0.5, 0.6) is 5.75 Å². The highest BCUT2D eigenvalue weighted by atomic mass is 32.1. The number of para-hydroxylation sites is 1. The van der Waals surface area contributed by atoms with Crippen molar-refractivity contribution >= 4 is 22.4 Å². The third kappa shape index (κ3) is 4.36. The van der Waals surface area contributed by atoms with Crippen LogP contribution >= 0.6 is 11.3 Å². The van der Waals surface area contributed by atoms with Gasteiger partial charge in [-0.2, -0.15) is 0 Å². The van der Waals surface area contributed by atoms with Crippen LogP contribution in [0.2, 0.25) is 0 Å². The zero-order valence-corrected chi connectivity index (χ0v) is 13.4. The number of carbonyl (C=O) groups excluding carboxylic acids is 1. The highest BCUT2D eigenvalue weighted by molar-refractivity contribution is 7.15. The summed E-state index contributed by atoms with van der Waals surface area (Å²) in [6.45, 7) is 0.0904. The zero-order valence-electron chi connectivity index (χ0n) is 12.6. The highest BCUT2D eigenvalue weighted by Crippen LogP contribution is 2.20. The molecule has 0 spiro atoms. The molecular weight excluding hydrogens is 329 g/mol. The topological polar surface area (TPSA) is 64.1 Å². The average Bonchev–Trinajstić information content (AvgIpc) is 3.02. The summed E-state index contributed by atoms with van der Waals surface area (Å²) < 4.78 is 18.8. The number of nitrogens with zero attached hydrogens (tertiary/aromatic N) is 2. The van der Waals surface area contributed by atoms with E-state index in [0.717, 1.165) is 5.56 Å². The van der Waals surface area contributed by atoms with E-state index < -0.39 is 5.82 Å². The van der Waals surface area contributed by atoms with Gasteiger partial charge in [-0.05, 0) is 17.7 Å². The number of carbonyl (C=O) groups is 1. The summed E-state index contributed by atoms with van der Waals surface area (Å²) in [5, 5.41) is 11.5. The Morgan fingerprint density at radius 3 is 2.62 bits per heavy atom. The first kappa shape index (κ1) is 16.1. The maximum absolute atomic E-state index is 13.5. The minimum atomic E-state index is -0.432. The lowest BCUT2D eigenvalue weighted by Crippen LogP contribution is -2.14. The molecule has 3 aromatic rings. The number of rotatable bonds is 6. The van der Waals surface area contributed by atoms with Gasteiger partial charge in [0.25, 0.3) is 0 Å². The number of hydrogen-bond acceptors (Lipinski definition) is 5. The molecule has 5 nitrogen and oxygen atoms in total. The quantitative estimate of drug-likeness (QED) is 0.745. The minimum absolute atomic E-state index is 0.0904. The summed E-state index contributed by atoms with van der Waals surface area (Å²) in [7, 11) is 0. The van der Waals surface area contributed by atoms with Crippen LogP contribution in [0.3, 0.4) is 0 Å². The Balaban J connectivity index is 1.54. The molecule has 3 rings (SSSR count). The Bertz CT molecular complexity index is 823. The molecule has 0 atom stereocenters. The lowest BCUT2D eigenvalue weighted by Gasteiger charge is -2.03. The van der Waals surface area contributed by atoms with Gasteiger partial charge in [0.05, 0.1) is 6.42 Å². The summed E-state index contributed by atoms with van der Waals surface area (Å²) in [4.78, 5) is 12.0. The second kappa shape index (κ2) is 7.65. The number of anilines is 1. The molecule has 0 saturated carbocycles. The van der Waals surface area contributed by atoms with Crippen LogP contribution in [0.4, 0.5) is 9.52 Å². The van der Waals surface area contributed by atoms with Gasteiger partial charge in [-0.1, -0.05) is 53.8 Å². The molecule has 122 valence electrons. The van der Waals surface area contributed by atoms with Gasteiger partial charge in [0.15, 0.2) is 16.6 Å². The van der Waals surface area contributed by atoms with E-state index in [1.165, 1.54) is 17.4 Å². The summed E-state index contributed by atoms with van der Waals surface area (Å²) in [6.07, 6.45) is 0.265. The summed E-state index contributed by atoms with van der Waals surface area (Å²) in [5.41, 5.74) is 0.919. The number of ether oxygens (including phenoxy) is 1. The van der Waals surface area contributed by atoms with E-state index in [0.29, 0.717) is 10.1 Å². The van der Waals surface area contributed by atoms with Gasteiger partial charge in [-0.3, -0.25) is 4.79 Å². The highest BCUT2D eigenvalue weighted by Gasteiger charge is 2.10. The molecule has 1 amide bonds. The van der Waals surface area contributed by atoms with Gasteiger partial charge in [-0.25, -0.2) is 4.39 Å². The van der Waals surface area contributed by atoms with Crippen LogP contribution < -0.4 is 10.1 Å².